The van der Waals surface area contributed by atoms with Gasteiger partial charge in [0, 0.05) is 35.7 Å². The van der Waals surface area contributed by atoms with E-state index in [1.165, 1.54) is 11.3 Å². The molecule has 2 aliphatic rings. The highest BCUT2D eigenvalue weighted by molar-refractivity contribution is 7.12. The van der Waals surface area contributed by atoms with Crippen molar-refractivity contribution in [1.29, 1.82) is 0 Å². The summed E-state index contributed by atoms with van der Waals surface area (Å²) in [6.07, 6.45) is 0.165. The Morgan fingerprint density at radius 1 is 1.08 bits per heavy atom. The lowest BCUT2D eigenvalue weighted by Crippen LogP contribution is -2.28. The number of anilines is 2. The first-order valence-electron chi connectivity index (χ1n) is 11.5. The molecule has 0 aliphatic carbocycles. The van der Waals surface area contributed by atoms with Gasteiger partial charge in [0.2, 0.25) is 23.7 Å². The summed E-state index contributed by atoms with van der Waals surface area (Å²) in [5.74, 6) is 1.20. The van der Waals surface area contributed by atoms with Crippen LogP contribution in [-0.2, 0) is 9.59 Å². The van der Waals surface area contributed by atoms with E-state index in [1.807, 2.05) is 61.7 Å². The number of aromatic nitrogens is 3. The minimum atomic E-state index is -0.456. The second-order valence-electron chi connectivity index (χ2n) is 8.90. The van der Waals surface area contributed by atoms with Gasteiger partial charge in [-0.3, -0.25) is 9.59 Å². The average Bonchev–Trinajstić information content (AvgIpc) is 3.65. The van der Waals surface area contributed by atoms with Crippen LogP contribution < -0.4 is 19.7 Å². The van der Waals surface area contributed by atoms with Crippen LogP contribution in [0.2, 0.25) is 0 Å². The lowest BCUT2D eigenvalue weighted by Gasteiger charge is -2.17. The van der Waals surface area contributed by atoms with Crippen LogP contribution in [0, 0.1) is 19.8 Å². The third-order valence-corrected chi connectivity index (χ3v) is 7.08. The van der Waals surface area contributed by atoms with Gasteiger partial charge in [-0.25, -0.2) is 4.98 Å². The fraction of sp³-hybridized carbons (Fsp3) is 0.231. The summed E-state index contributed by atoms with van der Waals surface area (Å²) in [7, 11) is 0. The number of ether oxygens (including phenoxy) is 2. The maximum absolute atomic E-state index is 13.1. The molecular weight excluding hydrogens is 478 g/mol. The van der Waals surface area contributed by atoms with Crippen molar-refractivity contribution in [3.63, 3.8) is 0 Å². The van der Waals surface area contributed by atoms with Crippen LogP contribution >= 0.6 is 11.3 Å². The zero-order valence-corrected chi connectivity index (χ0v) is 20.5. The van der Waals surface area contributed by atoms with E-state index in [-0.39, 0.29) is 25.0 Å². The number of thiazole rings is 1. The Morgan fingerprint density at radius 2 is 1.89 bits per heavy atom. The summed E-state index contributed by atoms with van der Waals surface area (Å²) in [6, 6.07) is 15.2. The van der Waals surface area contributed by atoms with Gasteiger partial charge in [0.15, 0.2) is 11.5 Å². The number of carbonyl (C=O) groups excluding carboxylic acids is 2. The van der Waals surface area contributed by atoms with E-state index in [9.17, 15) is 9.59 Å². The first-order valence-corrected chi connectivity index (χ1v) is 12.4. The Hall–Kier alpha value is -4.18. The van der Waals surface area contributed by atoms with E-state index in [0.717, 1.165) is 28.2 Å². The number of aryl methyl sites for hydroxylation is 2. The van der Waals surface area contributed by atoms with E-state index in [2.05, 4.69) is 10.4 Å². The summed E-state index contributed by atoms with van der Waals surface area (Å²) < 4.78 is 12.5. The zero-order valence-electron chi connectivity index (χ0n) is 19.7. The Bertz CT molecular complexity index is 1480. The lowest BCUT2D eigenvalue weighted by molar-refractivity contribution is -0.122. The SMILES string of the molecule is Cc1ccc(N2CC(C(=O)Nc3cc(C)nn3-c3nc(-c4ccc5c(c4)OCO5)cs3)CC2=O)cc1. The minimum absolute atomic E-state index is 0.0583. The highest BCUT2D eigenvalue weighted by Gasteiger charge is 2.35. The van der Waals surface area contributed by atoms with Crippen molar-refractivity contribution >= 4 is 34.7 Å². The van der Waals surface area contributed by atoms with E-state index < -0.39 is 5.92 Å². The average molecular weight is 502 g/mol. The predicted octanol–water partition coefficient (Wildman–Crippen LogP) is 4.33. The second-order valence-corrected chi connectivity index (χ2v) is 9.73. The summed E-state index contributed by atoms with van der Waals surface area (Å²) in [4.78, 5) is 32.2. The molecule has 2 aliphatic heterocycles. The van der Waals surface area contributed by atoms with Gasteiger partial charge in [0.05, 0.1) is 17.3 Å². The van der Waals surface area contributed by atoms with Crippen molar-refractivity contribution < 1.29 is 19.1 Å². The molecule has 2 aromatic carbocycles. The van der Waals surface area contributed by atoms with Crippen LogP contribution in [0.3, 0.4) is 0 Å². The molecule has 1 atom stereocenters. The van der Waals surface area contributed by atoms with Crippen LogP contribution in [0.5, 0.6) is 11.5 Å². The van der Waals surface area contributed by atoms with Crippen LogP contribution in [0.25, 0.3) is 16.4 Å². The molecule has 6 rings (SSSR count). The third-order valence-electron chi connectivity index (χ3n) is 6.27. The number of nitrogens with one attached hydrogen (secondary N) is 1. The molecule has 9 nitrogen and oxygen atoms in total. The highest BCUT2D eigenvalue weighted by Crippen LogP contribution is 2.36. The topological polar surface area (TPSA) is 98.6 Å². The van der Waals surface area contributed by atoms with Crippen LogP contribution in [0.1, 0.15) is 17.7 Å². The van der Waals surface area contributed by atoms with Crippen LogP contribution in [0.4, 0.5) is 11.5 Å². The number of benzene rings is 2. The Morgan fingerprint density at radius 3 is 2.72 bits per heavy atom. The molecule has 1 saturated heterocycles. The van der Waals surface area contributed by atoms with Gasteiger partial charge in [-0.15, -0.1) is 11.3 Å². The first-order chi connectivity index (χ1) is 17.4. The molecule has 0 radical (unpaired) electrons. The third kappa shape index (κ3) is 4.09. The van der Waals surface area contributed by atoms with Crippen molar-refractivity contribution in [1.82, 2.24) is 14.8 Å². The standard InChI is InChI=1S/C26H23N5O4S/c1-15-3-6-19(7-4-15)30-12-18(11-24(30)32)25(33)28-23-9-16(2)29-31(23)26-27-20(13-36-26)17-5-8-21-22(10-17)35-14-34-21/h3-10,13,18H,11-12,14H2,1-2H3,(H,28,33). The second kappa shape index (κ2) is 8.80. The maximum Gasteiger partial charge on any atom is 0.231 e. The van der Waals surface area contributed by atoms with Gasteiger partial charge >= 0.3 is 0 Å². The van der Waals surface area contributed by atoms with Gasteiger partial charge < -0.3 is 19.7 Å². The molecule has 1 fully saturated rings. The fourth-order valence-electron chi connectivity index (χ4n) is 4.37. The quantitative estimate of drug-likeness (QED) is 0.437. The molecule has 1 N–H and O–H groups in total. The molecule has 36 heavy (non-hydrogen) atoms. The molecule has 10 heteroatoms. The molecule has 2 amide bonds. The van der Waals surface area contributed by atoms with Crippen molar-refractivity contribution in [3.05, 3.63) is 65.2 Å². The number of hydrogen-bond acceptors (Lipinski definition) is 7. The van der Waals surface area contributed by atoms with Crippen LogP contribution in [-0.4, -0.2) is 39.9 Å². The van der Waals surface area contributed by atoms with Crippen molar-refractivity contribution in [2.24, 2.45) is 5.92 Å². The minimum Gasteiger partial charge on any atom is -0.454 e. The number of rotatable bonds is 5. The summed E-state index contributed by atoms with van der Waals surface area (Å²) >= 11 is 1.42. The molecule has 2 aromatic heterocycles. The normalized spacial score (nSPS) is 16.6. The van der Waals surface area contributed by atoms with Crippen LogP contribution in [0.15, 0.2) is 53.9 Å². The monoisotopic (exact) mass is 501 g/mol. The Kier molecular flexibility index (Phi) is 5.45. The summed E-state index contributed by atoms with van der Waals surface area (Å²) in [5.41, 5.74) is 4.34. The molecule has 4 aromatic rings. The van der Waals surface area contributed by atoms with Gasteiger partial charge in [-0.1, -0.05) is 17.7 Å². The van der Waals surface area contributed by atoms with Gasteiger partial charge in [0.1, 0.15) is 5.82 Å². The molecule has 0 saturated carbocycles. The smallest absolute Gasteiger partial charge is 0.231 e. The maximum atomic E-state index is 13.1. The molecule has 4 heterocycles. The van der Waals surface area contributed by atoms with E-state index >= 15 is 0 Å². The van der Waals surface area contributed by atoms with E-state index in [4.69, 9.17) is 14.5 Å². The zero-order chi connectivity index (χ0) is 24.8. The van der Waals surface area contributed by atoms with Crippen molar-refractivity contribution in [2.75, 3.05) is 23.6 Å². The number of fused-ring (bicyclic) bond motifs is 1. The molecule has 0 spiro atoms. The Balaban J connectivity index is 1.20. The largest absolute Gasteiger partial charge is 0.454 e. The fourth-order valence-corrected chi connectivity index (χ4v) is 5.17. The van der Waals surface area contributed by atoms with Crippen molar-refractivity contribution in [3.8, 4) is 27.9 Å². The van der Waals surface area contributed by atoms with E-state index in [1.54, 1.807) is 15.6 Å². The van der Waals surface area contributed by atoms with Gasteiger partial charge in [-0.05, 0) is 44.2 Å². The number of carbonyl (C=O) groups is 2. The van der Waals surface area contributed by atoms with Gasteiger partial charge in [-0.2, -0.15) is 9.78 Å². The molecule has 1 unspecified atom stereocenters. The first kappa shape index (κ1) is 22.3. The lowest BCUT2D eigenvalue weighted by atomic mass is 10.1. The summed E-state index contributed by atoms with van der Waals surface area (Å²) in [5, 5.41) is 10.1. The highest BCUT2D eigenvalue weighted by atomic mass is 32.1. The number of hydrogen-bond donors (Lipinski definition) is 1. The summed E-state index contributed by atoms with van der Waals surface area (Å²) in [6.45, 7) is 4.41. The van der Waals surface area contributed by atoms with E-state index in [0.29, 0.717) is 29.0 Å². The molecule has 0 bridgehead atoms. The Labute approximate surface area is 211 Å². The molecular formula is C26H23N5O4S. The predicted molar refractivity (Wildman–Crippen MR) is 136 cm³/mol. The number of nitrogens with zero attached hydrogens (tertiary/aromatic N) is 4. The van der Waals surface area contributed by atoms with Crippen molar-refractivity contribution in [2.45, 2.75) is 20.3 Å². The number of amides is 2. The molecule has 182 valence electrons. The van der Waals surface area contributed by atoms with Gasteiger partial charge in [0.25, 0.3) is 0 Å².